The monoisotopic (exact) mass is 1760 g/mol. The molecule has 6 N–H and O–H groups in total. The van der Waals surface area contributed by atoms with Crippen molar-refractivity contribution in [3.05, 3.63) is 76.4 Å². The summed E-state index contributed by atoms with van der Waals surface area (Å²) in [5.74, 6) is -2.74. The highest BCUT2D eigenvalue weighted by Crippen LogP contribution is 2.75. The fourth-order valence-electron chi connectivity index (χ4n) is 25.4. The van der Waals surface area contributed by atoms with Gasteiger partial charge in [0.1, 0.15) is 70.9 Å². The van der Waals surface area contributed by atoms with Gasteiger partial charge in [0.2, 0.25) is 0 Å². The van der Waals surface area contributed by atoms with Gasteiger partial charge in [-0.2, -0.15) is 0 Å². The van der Waals surface area contributed by atoms with Gasteiger partial charge in [0.05, 0.1) is 97.1 Å². The first-order chi connectivity index (χ1) is 58.9. The molecule has 14 rings (SSSR count). The average molecular weight is 1760 g/mol. The highest BCUT2D eigenvalue weighted by Gasteiger charge is 2.83. The largest absolute Gasteiger partial charge is 0.481 e. The van der Waals surface area contributed by atoms with Crippen LogP contribution in [0.4, 0.5) is 0 Å². The molecule has 0 bridgehead atoms. The summed E-state index contributed by atoms with van der Waals surface area (Å²) < 4.78 is 108. The molecule has 5 saturated heterocycles. The fourth-order valence-corrected chi connectivity index (χ4v) is 25.4. The Bertz CT molecular complexity index is 4020. The van der Waals surface area contributed by atoms with Crippen LogP contribution in [0.25, 0.3) is 6.08 Å². The molecular formula is C97H150O28. The maximum absolute atomic E-state index is 13.4. The molecule has 13 aliphatic rings. The third-order valence-corrected chi connectivity index (χ3v) is 34.0. The number of benzene rings is 1. The van der Waals surface area contributed by atoms with Crippen LogP contribution < -0.4 is 0 Å². The van der Waals surface area contributed by atoms with E-state index in [1.54, 1.807) is 76.6 Å². The van der Waals surface area contributed by atoms with E-state index in [0.717, 1.165) is 35.1 Å². The van der Waals surface area contributed by atoms with Crippen molar-refractivity contribution < 1.29 is 135 Å². The van der Waals surface area contributed by atoms with Crippen molar-refractivity contribution in [3.8, 4) is 0 Å². The molecule has 28 heteroatoms. The Morgan fingerprint density at radius 3 is 1.36 bits per heavy atom. The zero-order chi connectivity index (χ0) is 91.4. The van der Waals surface area contributed by atoms with Crippen molar-refractivity contribution >= 4 is 29.8 Å². The van der Waals surface area contributed by atoms with E-state index >= 15 is 0 Å². The van der Waals surface area contributed by atoms with E-state index in [0.29, 0.717) is 70.8 Å². The van der Waals surface area contributed by atoms with Crippen LogP contribution >= 0.6 is 0 Å². The number of ketones is 1. The number of fused-ring (bicyclic) bond motifs is 10. The van der Waals surface area contributed by atoms with Crippen LogP contribution in [0.2, 0.25) is 0 Å². The van der Waals surface area contributed by atoms with Gasteiger partial charge in [-0.15, -0.1) is 0 Å². The predicted octanol–water partition coefficient (Wildman–Crippen LogP) is 12.1. The SMILES string of the molecule is COC1CC(OC2C(C)OC(OC3C(C)OCC(C)C3OC)CC2OC)OC(C)C1O.COC1CC(OC2CCC3(C)C(=CCC4(O)C3CC(OC(=O)/C=C/c3ccccc3)C3(C)C(C)(C(=O)O)CCC43O)C2)OC(C)C1OC.CO[C@H]1[C@@H](OC)C[C@H](O[C@H]2CC[C@@]3(C)C(=CC[C@]4(O)[C@@H]3C[C@@H](OC(=O)CC(C)=C(C)C)[C@@]3(C)[C@@]4(O)CC[C@@]3(C)C(C)=O)C2)O[C@@H]1C. The molecule has 5 aliphatic heterocycles. The maximum atomic E-state index is 13.4. The molecule has 24 unspecified atom stereocenters. The molecule has 0 aromatic heterocycles. The third kappa shape index (κ3) is 17.9. The second kappa shape index (κ2) is 38.9. The number of carbonyl (C=O) groups is 4. The van der Waals surface area contributed by atoms with Crippen molar-refractivity contribution in [2.24, 2.45) is 50.2 Å². The number of ether oxygens (including phenoxy) is 18. The Morgan fingerprint density at radius 1 is 0.480 bits per heavy atom. The molecule has 36 atom stereocenters. The van der Waals surface area contributed by atoms with Crippen LogP contribution in [0.3, 0.4) is 0 Å². The Balaban J connectivity index is 0.000000175. The topological polar surface area (TPSA) is 356 Å². The summed E-state index contributed by atoms with van der Waals surface area (Å²) in [4.78, 5) is 53.1. The van der Waals surface area contributed by atoms with Crippen molar-refractivity contribution in [1.29, 1.82) is 0 Å². The number of rotatable bonds is 23. The van der Waals surface area contributed by atoms with Crippen LogP contribution in [-0.2, 0) is 104 Å². The quantitative estimate of drug-likeness (QED) is 0.0337. The van der Waals surface area contributed by atoms with E-state index in [9.17, 15) is 49.8 Å². The number of allylic oxidation sites excluding steroid dienone is 1. The van der Waals surface area contributed by atoms with Gasteiger partial charge in [0.25, 0.3) is 0 Å². The molecule has 125 heavy (non-hydrogen) atoms. The average Bonchev–Trinajstić information content (AvgIpc) is 1.55. The number of carboxylic acid groups (broad SMARTS) is 1. The predicted molar refractivity (Wildman–Crippen MR) is 460 cm³/mol. The summed E-state index contributed by atoms with van der Waals surface area (Å²) in [6, 6.07) is 9.36. The second-order valence-electron chi connectivity index (χ2n) is 40.3. The number of aliphatic hydroxyl groups is 5. The number of aliphatic hydroxyl groups excluding tert-OH is 1. The minimum Gasteiger partial charge on any atom is -0.481 e. The molecule has 1 aromatic rings. The number of hydrogen-bond acceptors (Lipinski definition) is 27. The lowest BCUT2D eigenvalue weighted by Crippen LogP contribution is -2.77. The third-order valence-electron chi connectivity index (χ3n) is 34.0. The van der Waals surface area contributed by atoms with Crippen LogP contribution in [0, 0.1) is 50.2 Å². The zero-order valence-electron chi connectivity index (χ0n) is 78.5. The molecule has 0 spiro atoms. The summed E-state index contributed by atoms with van der Waals surface area (Å²) >= 11 is 0. The summed E-state index contributed by atoms with van der Waals surface area (Å²) in [5.41, 5.74) is -7.39. The van der Waals surface area contributed by atoms with Gasteiger partial charge in [-0.05, 0) is 182 Å². The van der Waals surface area contributed by atoms with Crippen LogP contribution in [-0.4, -0.2) is 274 Å². The van der Waals surface area contributed by atoms with E-state index in [2.05, 4.69) is 26.8 Å². The minimum absolute atomic E-state index is 0.0582. The number of aliphatic carboxylic acids is 1. The van der Waals surface area contributed by atoms with Crippen LogP contribution in [0.15, 0.2) is 70.9 Å². The minimum atomic E-state index is -1.82. The van der Waals surface area contributed by atoms with Gasteiger partial charge < -0.3 is 116 Å². The second-order valence-corrected chi connectivity index (χ2v) is 40.3. The molecular weight excluding hydrogens is 1610 g/mol. The van der Waals surface area contributed by atoms with Gasteiger partial charge >= 0.3 is 17.9 Å². The van der Waals surface area contributed by atoms with Gasteiger partial charge in [-0.3, -0.25) is 14.4 Å². The standard InChI is InChI=1S/C38H52O10.C37H58O9.C22H40O9/c1-23-32(45-6)27(44-5)21-31(46-23)47-26-15-16-34(2)25(20-26)14-17-37(42)28(34)22-29(48-30(39)13-12-24-10-8-7-9-11-24)36(4)35(3,33(40)41)18-19-38(36,37)43;1-21(2)22(3)17-30(39)46-29-20-28-33(6)13-12-26(45-31-19-27(42-9)32(43-10)23(4)44-31)18-25(33)11-14-36(28,40)37(41)16-15-34(7,24(5)38)35(29,37)8;1-11-10-27-13(3)22(20(11)26-7)31-18-9-16(25-6)21(14(4)29-18)30-17-8-15(24-5)19(23)12(2)28-17/h7-14,23,26-29,31-32,42-43H,15-22H2,1-6H3,(H,40,41);11,23,26-29,31-32,40-41H,12-20H2,1-10H3;11-23H,8-10H2,1-7H3/b13-12+;;/t;23-,26+,27+,28-,29-,31+,32-,33+,34+,35-,36+,37+;/m.1./s1. The lowest BCUT2D eigenvalue weighted by molar-refractivity contribution is -0.329. The first-order valence-corrected chi connectivity index (χ1v) is 45.9. The van der Waals surface area contributed by atoms with E-state index in [1.807, 2.05) is 106 Å². The molecule has 0 radical (unpaired) electrons. The van der Waals surface area contributed by atoms with Crippen LogP contribution in [0.5, 0.6) is 0 Å². The number of carboxylic acids is 1. The summed E-state index contributed by atoms with van der Waals surface area (Å²) in [6.45, 7) is 31.2. The van der Waals surface area contributed by atoms with Gasteiger partial charge in [0, 0.05) is 110 Å². The Kier molecular flexibility index (Phi) is 31.0. The van der Waals surface area contributed by atoms with Crippen molar-refractivity contribution in [2.75, 3.05) is 56.4 Å². The van der Waals surface area contributed by atoms with E-state index < -0.39 is 116 Å². The lowest BCUT2D eigenvalue weighted by Gasteiger charge is -2.67. The number of esters is 2. The number of carbonyl (C=O) groups excluding carboxylic acids is 3. The van der Waals surface area contributed by atoms with Crippen LogP contribution in [0.1, 0.15) is 238 Å². The first kappa shape index (κ1) is 99.4. The Labute approximate surface area is 740 Å². The summed E-state index contributed by atoms with van der Waals surface area (Å²) in [7, 11) is 11.6. The van der Waals surface area contributed by atoms with Gasteiger partial charge in [-0.1, -0.05) is 106 Å². The van der Waals surface area contributed by atoms with Gasteiger partial charge in [0.15, 0.2) is 25.2 Å². The molecule has 6 saturated carbocycles. The molecule has 706 valence electrons. The van der Waals surface area contributed by atoms with Gasteiger partial charge in [-0.25, -0.2) is 4.79 Å². The molecule has 11 fully saturated rings. The van der Waals surface area contributed by atoms with Crippen molar-refractivity contribution in [1.82, 2.24) is 0 Å². The molecule has 0 amide bonds. The summed E-state index contributed by atoms with van der Waals surface area (Å²) in [6.07, 6.45) is 8.19. The molecule has 1 aromatic carbocycles. The van der Waals surface area contributed by atoms with E-state index in [1.165, 1.54) is 11.6 Å². The van der Waals surface area contributed by atoms with Crippen molar-refractivity contribution in [2.45, 2.75) is 396 Å². The molecule has 28 nitrogen and oxygen atoms in total. The van der Waals surface area contributed by atoms with E-state index in [-0.39, 0.29) is 166 Å². The maximum Gasteiger partial charge on any atom is 0.331 e. The fraction of sp³-hybridized carbons (Fsp3) is 0.814. The zero-order valence-corrected chi connectivity index (χ0v) is 78.5. The molecule has 8 aliphatic carbocycles. The lowest BCUT2D eigenvalue weighted by atomic mass is 9.41. The van der Waals surface area contributed by atoms with Crippen molar-refractivity contribution in [3.63, 3.8) is 0 Å². The highest BCUT2D eigenvalue weighted by molar-refractivity contribution is 5.87. The number of hydrogen-bond donors (Lipinski definition) is 6. The smallest absolute Gasteiger partial charge is 0.331 e. The normalized spacial score (nSPS) is 46.9. The molecule has 5 heterocycles. The number of Topliss-reactive ketones (excluding diaryl/α,β-unsaturated/α-hetero) is 1. The highest BCUT2D eigenvalue weighted by atomic mass is 16.7. The Morgan fingerprint density at radius 2 is 0.904 bits per heavy atom. The van der Waals surface area contributed by atoms with E-state index in [4.69, 9.17) is 85.3 Å². The first-order valence-electron chi connectivity index (χ1n) is 45.9. The number of methoxy groups -OCH3 is 7. The summed E-state index contributed by atoms with van der Waals surface area (Å²) in [5, 5.41) is 71.9. The Hall–Kier alpha value is -4.58.